The highest BCUT2D eigenvalue weighted by atomic mass is 35.5. The van der Waals surface area contributed by atoms with E-state index in [2.05, 4.69) is 21.1 Å². The van der Waals surface area contributed by atoms with Crippen LogP contribution in [0.15, 0.2) is 36.7 Å². The van der Waals surface area contributed by atoms with Crippen molar-refractivity contribution < 1.29 is 13.2 Å². The molecule has 1 saturated heterocycles. The van der Waals surface area contributed by atoms with Gasteiger partial charge in [0, 0.05) is 42.6 Å². The normalized spacial score (nSPS) is 15.3. The van der Waals surface area contributed by atoms with E-state index in [4.69, 9.17) is 16.9 Å². The Labute approximate surface area is 176 Å². The van der Waals surface area contributed by atoms with Gasteiger partial charge in [-0.2, -0.15) is 10.4 Å². The minimum atomic E-state index is -1.02. The lowest BCUT2D eigenvalue weighted by molar-refractivity contribution is 0.198. The third-order valence-electron chi connectivity index (χ3n) is 5.14. The molecule has 4 rings (SSSR count). The average Bonchev–Trinajstić information content (AvgIpc) is 3.11. The van der Waals surface area contributed by atoms with Gasteiger partial charge in [-0.25, -0.2) is 22.8 Å². The van der Waals surface area contributed by atoms with E-state index in [1.807, 2.05) is 0 Å². The second kappa shape index (κ2) is 8.46. The van der Waals surface area contributed by atoms with Crippen molar-refractivity contribution in [3.8, 4) is 23.1 Å². The van der Waals surface area contributed by atoms with Crippen LogP contribution < -0.4 is 0 Å². The van der Waals surface area contributed by atoms with Crippen LogP contribution in [-0.2, 0) is 6.54 Å². The molecule has 0 spiro atoms. The van der Waals surface area contributed by atoms with Crippen LogP contribution in [-0.4, -0.2) is 32.8 Å². The molecule has 1 aliphatic rings. The topological polar surface area (TPSA) is 57.7 Å². The number of aromatic nitrogens is 3. The molecular formula is C21H17ClF3N5. The molecule has 3 aromatic rings. The average molecular weight is 432 g/mol. The molecule has 0 amide bonds. The van der Waals surface area contributed by atoms with Gasteiger partial charge < -0.3 is 0 Å². The molecule has 0 aliphatic carbocycles. The summed E-state index contributed by atoms with van der Waals surface area (Å²) in [5.74, 6) is -2.59. The molecule has 3 heterocycles. The Morgan fingerprint density at radius 3 is 2.43 bits per heavy atom. The summed E-state index contributed by atoms with van der Waals surface area (Å²) >= 11 is 5.88. The smallest absolute Gasteiger partial charge is 0.153 e. The molecule has 1 aliphatic heterocycles. The van der Waals surface area contributed by atoms with Crippen LogP contribution in [0.25, 0.3) is 17.1 Å². The summed E-state index contributed by atoms with van der Waals surface area (Å²) in [7, 11) is 0. The molecular weight excluding hydrogens is 415 g/mol. The Hall–Kier alpha value is -2.89. The van der Waals surface area contributed by atoms with Gasteiger partial charge in [-0.15, -0.1) is 0 Å². The van der Waals surface area contributed by atoms with E-state index in [0.717, 1.165) is 12.8 Å². The highest BCUT2D eigenvalue weighted by Gasteiger charge is 2.24. The SMILES string of the molecule is N#CC1CCN(Cc2cn(-c3ccc(Cl)cn3)nc2-c2c(F)cc(F)cc2F)CC1. The van der Waals surface area contributed by atoms with Crippen LogP contribution in [0.5, 0.6) is 0 Å². The van der Waals surface area contributed by atoms with E-state index in [-0.39, 0.29) is 17.2 Å². The Balaban J connectivity index is 1.74. The summed E-state index contributed by atoms with van der Waals surface area (Å²) in [4.78, 5) is 6.30. The third-order valence-corrected chi connectivity index (χ3v) is 5.37. The third kappa shape index (κ3) is 4.18. The first-order valence-electron chi connectivity index (χ1n) is 9.42. The van der Waals surface area contributed by atoms with Gasteiger partial charge in [0.2, 0.25) is 0 Å². The fourth-order valence-corrected chi connectivity index (χ4v) is 3.70. The minimum Gasteiger partial charge on any atom is -0.299 e. The molecule has 0 saturated carbocycles. The number of hydrogen-bond donors (Lipinski definition) is 0. The predicted octanol–water partition coefficient (Wildman–Crippen LogP) is 4.74. The molecule has 2 aromatic heterocycles. The second-order valence-corrected chi connectivity index (χ2v) is 7.64. The van der Waals surface area contributed by atoms with Crippen LogP contribution in [0.2, 0.25) is 5.02 Å². The van der Waals surface area contributed by atoms with Crippen molar-refractivity contribution in [2.45, 2.75) is 19.4 Å². The zero-order chi connectivity index (χ0) is 21.3. The molecule has 0 bridgehead atoms. The zero-order valence-electron chi connectivity index (χ0n) is 15.8. The van der Waals surface area contributed by atoms with Crippen molar-refractivity contribution in [1.29, 1.82) is 5.26 Å². The molecule has 0 atom stereocenters. The van der Waals surface area contributed by atoms with E-state index in [9.17, 15) is 13.2 Å². The van der Waals surface area contributed by atoms with Crippen molar-refractivity contribution in [2.75, 3.05) is 13.1 Å². The summed E-state index contributed by atoms with van der Waals surface area (Å²) in [6.07, 6.45) is 4.57. The van der Waals surface area contributed by atoms with Gasteiger partial charge in [0.05, 0.1) is 16.7 Å². The summed E-state index contributed by atoms with van der Waals surface area (Å²) in [6, 6.07) is 6.83. The molecule has 30 heavy (non-hydrogen) atoms. The number of halogens is 4. The predicted molar refractivity (Wildman–Crippen MR) is 105 cm³/mol. The van der Waals surface area contributed by atoms with E-state index in [1.165, 1.54) is 10.9 Å². The minimum absolute atomic E-state index is 0.0219. The van der Waals surface area contributed by atoms with Crippen molar-refractivity contribution >= 4 is 11.6 Å². The van der Waals surface area contributed by atoms with E-state index < -0.39 is 17.5 Å². The van der Waals surface area contributed by atoms with Gasteiger partial charge in [-0.05, 0) is 38.1 Å². The standard InChI is InChI=1S/C21H17ClF3N5/c22-15-1-2-19(27-10-15)30-12-14(11-29-5-3-13(9-26)4-6-29)21(28-30)20-17(24)7-16(23)8-18(20)25/h1-2,7-8,10,12-13H,3-6,11H2. The van der Waals surface area contributed by atoms with Crippen molar-refractivity contribution in [1.82, 2.24) is 19.7 Å². The van der Waals surface area contributed by atoms with Gasteiger partial charge in [0.15, 0.2) is 5.82 Å². The van der Waals surface area contributed by atoms with E-state index in [1.54, 1.807) is 18.3 Å². The molecule has 0 radical (unpaired) electrons. The molecule has 1 aromatic carbocycles. The molecule has 5 nitrogen and oxygen atoms in total. The Bertz CT molecular complexity index is 1080. The maximum absolute atomic E-state index is 14.5. The number of nitriles is 1. The maximum atomic E-state index is 14.5. The number of likely N-dealkylation sites (tertiary alicyclic amines) is 1. The van der Waals surface area contributed by atoms with Gasteiger partial charge in [0.1, 0.15) is 23.1 Å². The molecule has 0 unspecified atom stereocenters. The van der Waals surface area contributed by atoms with Crippen LogP contribution >= 0.6 is 11.6 Å². The molecule has 9 heteroatoms. The lowest BCUT2D eigenvalue weighted by Gasteiger charge is -2.28. The number of rotatable bonds is 4. The fourth-order valence-electron chi connectivity index (χ4n) is 3.59. The summed E-state index contributed by atoms with van der Waals surface area (Å²) in [5.41, 5.74) is 0.279. The van der Waals surface area contributed by atoms with Gasteiger partial charge >= 0.3 is 0 Å². The second-order valence-electron chi connectivity index (χ2n) is 7.21. The maximum Gasteiger partial charge on any atom is 0.153 e. The molecule has 0 N–H and O–H groups in total. The monoisotopic (exact) mass is 431 g/mol. The van der Waals surface area contributed by atoms with Crippen molar-refractivity contribution in [3.05, 3.63) is 64.7 Å². The van der Waals surface area contributed by atoms with Crippen LogP contribution in [0.3, 0.4) is 0 Å². The van der Waals surface area contributed by atoms with Gasteiger partial charge in [-0.3, -0.25) is 4.90 Å². The number of nitrogens with zero attached hydrogens (tertiary/aromatic N) is 5. The number of hydrogen-bond acceptors (Lipinski definition) is 4. The van der Waals surface area contributed by atoms with Crippen LogP contribution in [0, 0.1) is 34.7 Å². The van der Waals surface area contributed by atoms with E-state index >= 15 is 0 Å². The first-order chi connectivity index (χ1) is 14.4. The summed E-state index contributed by atoms with van der Waals surface area (Å²) in [5, 5.41) is 13.9. The largest absolute Gasteiger partial charge is 0.299 e. The zero-order valence-corrected chi connectivity index (χ0v) is 16.6. The van der Waals surface area contributed by atoms with Gasteiger partial charge in [0.25, 0.3) is 0 Å². The molecule has 154 valence electrons. The first kappa shape index (κ1) is 20.4. The first-order valence-corrected chi connectivity index (χ1v) is 9.79. The Kier molecular flexibility index (Phi) is 5.75. The Morgan fingerprint density at radius 1 is 1.13 bits per heavy atom. The number of benzene rings is 1. The lowest BCUT2D eigenvalue weighted by atomic mass is 9.98. The lowest BCUT2D eigenvalue weighted by Crippen LogP contribution is -2.32. The number of piperidine rings is 1. The fraction of sp³-hybridized carbons (Fsp3) is 0.286. The van der Waals surface area contributed by atoms with Crippen molar-refractivity contribution in [2.24, 2.45) is 5.92 Å². The summed E-state index contributed by atoms with van der Waals surface area (Å²) in [6.45, 7) is 1.77. The molecule has 1 fully saturated rings. The van der Waals surface area contributed by atoms with Gasteiger partial charge in [-0.1, -0.05) is 11.6 Å². The highest BCUT2D eigenvalue weighted by molar-refractivity contribution is 6.30. The van der Waals surface area contributed by atoms with Crippen molar-refractivity contribution in [3.63, 3.8) is 0 Å². The highest BCUT2D eigenvalue weighted by Crippen LogP contribution is 2.31. The van der Waals surface area contributed by atoms with E-state index in [0.29, 0.717) is 48.2 Å². The van der Waals surface area contributed by atoms with Crippen LogP contribution in [0.4, 0.5) is 13.2 Å². The van der Waals surface area contributed by atoms with Crippen LogP contribution in [0.1, 0.15) is 18.4 Å². The number of pyridine rings is 1. The summed E-state index contributed by atoms with van der Waals surface area (Å²) < 4.78 is 43.8. The Morgan fingerprint density at radius 2 is 1.83 bits per heavy atom. The quantitative estimate of drug-likeness (QED) is 0.598.